The first-order valence-corrected chi connectivity index (χ1v) is 4.90. The number of thioether (sulfide) groups is 1. The van der Waals surface area contributed by atoms with Crippen molar-refractivity contribution in [1.82, 2.24) is 0 Å². The second-order valence-corrected chi connectivity index (χ2v) is 4.78. The first-order valence-electron chi connectivity index (χ1n) is 3.92. The smallest absolute Gasteiger partial charge is 0.319 e. The van der Waals surface area contributed by atoms with E-state index in [4.69, 9.17) is 9.52 Å². The summed E-state index contributed by atoms with van der Waals surface area (Å²) in [7, 11) is 0. The largest absolute Gasteiger partial charge is 0.480 e. The Morgan fingerprint density at radius 2 is 2.38 bits per heavy atom. The Labute approximate surface area is 81.1 Å². The third-order valence-corrected chi connectivity index (χ3v) is 3.00. The summed E-state index contributed by atoms with van der Waals surface area (Å²) in [6.07, 6.45) is 1.59. The van der Waals surface area contributed by atoms with E-state index in [0.29, 0.717) is 5.75 Å². The van der Waals surface area contributed by atoms with Crippen LogP contribution in [-0.2, 0) is 10.5 Å². The lowest BCUT2D eigenvalue weighted by molar-refractivity contribution is -0.138. The lowest BCUT2D eigenvalue weighted by Gasteiger charge is -2.17. The lowest BCUT2D eigenvalue weighted by Crippen LogP contribution is -2.27. The van der Waals surface area contributed by atoms with Gasteiger partial charge in [-0.15, -0.1) is 11.8 Å². The number of carboxylic acids is 1. The van der Waals surface area contributed by atoms with Gasteiger partial charge in [0.1, 0.15) is 10.5 Å². The van der Waals surface area contributed by atoms with E-state index in [1.54, 1.807) is 26.2 Å². The molecule has 0 fully saturated rings. The van der Waals surface area contributed by atoms with Gasteiger partial charge in [-0.1, -0.05) is 0 Å². The summed E-state index contributed by atoms with van der Waals surface area (Å²) in [4.78, 5) is 10.7. The van der Waals surface area contributed by atoms with Crippen molar-refractivity contribution in [2.75, 3.05) is 0 Å². The molecule has 1 aromatic heterocycles. The van der Waals surface area contributed by atoms with Crippen molar-refractivity contribution < 1.29 is 14.3 Å². The lowest BCUT2D eigenvalue weighted by atomic mass is 10.2. The van der Waals surface area contributed by atoms with Gasteiger partial charge in [-0.05, 0) is 26.0 Å². The average Bonchev–Trinajstić information content (AvgIpc) is 2.52. The highest BCUT2D eigenvalue weighted by molar-refractivity contribution is 8.00. The molecule has 0 spiro atoms. The highest BCUT2D eigenvalue weighted by Crippen LogP contribution is 2.28. The quantitative estimate of drug-likeness (QED) is 0.810. The molecule has 0 bridgehead atoms. The summed E-state index contributed by atoms with van der Waals surface area (Å²) in [5, 5.41) is 8.82. The van der Waals surface area contributed by atoms with Crippen molar-refractivity contribution >= 4 is 17.7 Å². The van der Waals surface area contributed by atoms with Gasteiger partial charge in [-0.3, -0.25) is 4.79 Å². The standard InChI is InChI=1S/C9H12O3S/c1-9(2,8(10)11)13-6-7-4-3-5-12-7/h3-5H,6H2,1-2H3,(H,10,11). The average molecular weight is 200 g/mol. The van der Waals surface area contributed by atoms with Gasteiger partial charge in [-0.25, -0.2) is 0 Å². The molecule has 0 aliphatic heterocycles. The summed E-state index contributed by atoms with van der Waals surface area (Å²) < 4.78 is 4.34. The van der Waals surface area contributed by atoms with Crippen LogP contribution in [0.5, 0.6) is 0 Å². The van der Waals surface area contributed by atoms with Crippen LogP contribution in [0.3, 0.4) is 0 Å². The van der Waals surface area contributed by atoms with Crippen LogP contribution in [0.15, 0.2) is 22.8 Å². The van der Waals surface area contributed by atoms with Gasteiger partial charge in [0.25, 0.3) is 0 Å². The van der Waals surface area contributed by atoms with E-state index in [0.717, 1.165) is 5.76 Å². The van der Waals surface area contributed by atoms with Crippen LogP contribution in [0.1, 0.15) is 19.6 Å². The Kier molecular flexibility index (Phi) is 3.03. The van der Waals surface area contributed by atoms with E-state index < -0.39 is 10.7 Å². The summed E-state index contributed by atoms with van der Waals surface area (Å²) in [5.41, 5.74) is 0. The molecule has 1 aromatic rings. The van der Waals surface area contributed by atoms with E-state index in [2.05, 4.69) is 0 Å². The zero-order valence-electron chi connectivity index (χ0n) is 7.61. The van der Waals surface area contributed by atoms with Gasteiger partial charge in [0, 0.05) is 0 Å². The van der Waals surface area contributed by atoms with Crippen molar-refractivity contribution in [3.63, 3.8) is 0 Å². The van der Waals surface area contributed by atoms with Crippen molar-refractivity contribution in [3.8, 4) is 0 Å². The summed E-state index contributed by atoms with van der Waals surface area (Å²) in [6, 6.07) is 3.63. The number of carbonyl (C=O) groups is 1. The van der Waals surface area contributed by atoms with E-state index in [1.165, 1.54) is 11.8 Å². The molecule has 0 saturated heterocycles. The Balaban J connectivity index is 2.47. The summed E-state index contributed by atoms with van der Waals surface area (Å²) in [6.45, 7) is 3.37. The SMILES string of the molecule is CC(C)(SCc1ccco1)C(=O)O. The number of hydrogen-bond acceptors (Lipinski definition) is 3. The van der Waals surface area contributed by atoms with Crippen molar-refractivity contribution in [2.45, 2.75) is 24.3 Å². The number of furan rings is 1. The molecule has 0 aromatic carbocycles. The normalized spacial score (nSPS) is 11.5. The highest BCUT2D eigenvalue weighted by atomic mass is 32.2. The number of rotatable bonds is 4. The van der Waals surface area contributed by atoms with Crippen LogP contribution >= 0.6 is 11.8 Å². The van der Waals surface area contributed by atoms with E-state index in [-0.39, 0.29) is 0 Å². The second kappa shape index (κ2) is 3.87. The molecule has 0 radical (unpaired) electrons. The van der Waals surface area contributed by atoms with Gasteiger partial charge in [0.2, 0.25) is 0 Å². The van der Waals surface area contributed by atoms with Crippen LogP contribution in [0, 0.1) is 0 Å². The number of carboxylic acid groups (broad SMARTS) is 1. The maximum Gasteiger partial charge on any atom is 0.319 e. The predicted octanol–water partition coefficient (Wildman–Crippen LogP) is 2.38. The maximum atomic E-state index is 10.7. The summed E-state index contributed by atoms with van der Waals surface area (Å²) in [5.74, 6) is 0.593. The minimum absolute atomic E-state index is 0.590. The molecule has 72 valence electrons. The molecule has 4 heteroatoms. The fraction of sp³-hybridized carbons (Fsp3) is 0.444. The van der Waals surface area contributed by atoms with Crippen molar-refractivity contribution in [2.24, 2.45) is 0 Å². The molecule has 3 nitrogen and oxygen atoms in total. The molecule has 1 rings (SSSR count). The van der Waals surface area contributed by atoms with E-state index in [1.807, 2.05) is 6.07 Å². The Hall–Kier alpha value is -0.900. The van der Waals surface area contributed by atoms with Crippen molar-refractivity contribution in [3.05, 3.63) is 24.2 Å². The van der Waals surface area contributed by atoms with Crippen LogP contribution in [0.25, 0.3) is 0 Å². The predicted molar refractivity (Wildman–Crippen MR) is 51.7 cm³/mol. The molecule has 0 amide bonds. The fourth-order valence-electron chi connectivity index (χ4n) is 0.708. The molecule has 1 heterocycles. The monoisotopic (exact) mass is 200 g/mol. The van der Waals surface area contributed by atoms with Gasteiger partial charge >= 0.3 is 5.97 Å². The zero-order chi connectivity index (χ0) is 9.90. The minimum Gasteiger partial charge on any atom is -0.480 e. The van der Waals surface area contributed by atoms with Gasteiger partial charge < -0.3 is 9.52 Å². The minimum atomic E-state index is -0.802. The second-order valence-electron chi connectivity index (χ2n) is 3.18. The van der Waals surface area contributed by atoms with Crippen LogP contribution < -0.4 is 0 Å². The molecule has 0 atom stereocenters. The molecule has 13 heavy (non-hydrogen) atoms. The molecule has 1 N–H and O–H groups in total. The third-order valence-electron chi connectivity index (χ3n) is 1.67. The zero-order valence-corrected chi connectivity index (χ0v) is 8.43. The fourth-order valence-corrected chi connectivity index (χ4v) is 1.50. The van der Waals surface area contributed by atoms with Crippen molar-refractivity contribution in [1.29, 1.82) is 0 Å². The number of aliphatic carboxylic acids is 1. The molecule has 0 unspecified atom stereocenters. The van der Waals surface area contributed by atoms with Gasteiger partial charge in [0.15, 0.2) is 0 Å². The van der Waals surface area contributed by atoms with E-state index in [9.17, 15) is 4.79 Å². The van der Waals surface area contributed by atoms with Gasteiger partial charge in [0.05, 0.1) is 12.0 Å². The molecular weight excluding hydrogens is 188 g/mol. The van der Waals surface area contributed by atoms with Crippen LogP contribution in [0.2, 0.25) is 0 Å². The number of hydrogen-bond donors (Lipinski definition) is 1. The molecule has 0 aliphatic rings. The Morgan fingerprint density at radius 3 is 2.85 bits per heavy atom. The molecule has 0 saturated carbocycles. The van der Waals surface area contributed by atoms with Crippen LogP contribution in [0.4, 0.5) is 0 Å². The Bertz CT molecular complexity index is 277. The topological polar surface area (TPSA) is 50.4 Å². The molecule has 0 aliphatic carbocycles. The first-order chi connectivity index (χ1) is 6.02. The summed E-state index contributed by atoms with van der Waals surface area (Å²) >= 11 is 1.35. The first kappa shape index (κ1) is 10.2. The highest BCUT2D eigenvalue weighted by Gasteiger charge is 2.27. The van der Waals surface area contributed by atoms with Gasteiger partial charge in [-0.2, -0.15) is 0 Å². The van der Waals surface area contributed by atoms with Crippen LogP contribution in [-0.4, -0.2) is 15.8 Å². The third kappa shape index (κ3) is 2.81. The molecular formula is C9H12O3S. The Morgan fingerprint density at radius 1 is 1.69 bits per heavy atom. The maximum absolute atomic E-state index is 10.7. The van der Waals surface area contributed by atoms with E-state index >= 15 is 0 Å².